The van der Waals surface area contributed by atoms with E-state index in [0.717, 1.165) is 17.7 Å². The zero-order valence-corrected chi connectivity index (χ0v) is 11.7. The van der Waals surface area contributed by atoms with E-state index in [2.05, 4.69) is 19.2 Å². The van der Waals surface area contributed by atoms with E-state index in [9.17, 15) is 4.79 Å². The molecule has 0 saturated heterocycles. The highest BCUT2D eigenvalue weighted by atomic mass is 16.5. The van der Waals surface area contributed by atoms with Crippen molar-refractivity contribution in [3.05, 3.63) is 29.8 Å². The Bertz CT molecular complexity index is 371. The summed E-state index contributed by atoms with van der Waals surface area (Å²) in [7, 11) is 0. The molecule has 1 N–H and O–H groups in total. The van der Waals surface area contributed by atoms with E-state index in [0.29, 0.717) is 6.61 Å². The van der Waals surface area contributed by atoms with Crippen LogP contribution >= 0.6 is 0 Å². The summed E-state index contributed by atoms with van der Waals surface area (Å²) in [6.45, 7) is 8.55. The second-order valence-electron chi connectivity index (χ2n) is 4.87. The molecule has 1 aromatic carbocycles. The maximum absolute atomic E-state index is 11.5. The van der Waals surface area contributed by atoms with Crippen LogP contribution in [0.15, 0.2) is 24.3 Å². The van der Waals surface area contributed by atoms with Gasteiger partial charge in [-0.2, -0.15) is 0 Å². The molecule has 0 aromatic heterocycles. The molecule has 0 heterocycles. The van der Waals surface area contributed by atoms with Crippen LogP contribution in [-0.2, 0) is 16.1 Å². The second-order valence-corrected chi connectivity index (χ2v) is 4.87. The first kappa shape index (κ1) is 14.7. The molecule has 1 unspecified atom stereocenters. The van der Waals surface area contributed by atoms with Gasteiger partial charge in [-0.05, 0) is 31.0 Å². The van der Waals surface area contributed by atoms with Crippen molar-refractivity contribution in [1.29, 1.82) is 0 Å². The van der Waals surface area contributed by atoms with Gasteiger partial charge in [-0.15, -0.1) is 0 Å². The van der Waals surface area contributed by atoms with Crippen LogP contribution in [0.25, 0.3) is 0 Å². The summed E-state index contributed by atoms with van der Waals surface area (Å²) >= 11 is 0. The Balaban J connectivity index is 2.50. The topological polar surface area (TPSA) is 38.3 Å². The van der Waals surface area contributed by atoms with Gasteiger partial charge in [-0.1, -0.05) is 32.9 Å². The van der Waals surface area contributed by atoms with E-state index in [-0.39, 0.29) is 17.9 Å². The van der Waals surface area contributed by atoms with E-state index in [1.54, 1.807) is 0 Å². The van der Waals surface area contributed by atoms with Gasteiger partial charge in [-0.3, -0.25) is 4.79 Å². The Morgan fingerprint density at radius 1 is 1.22 bits per heavy atom. The molecule has 1 aromatic rings. The third-order valence-electron chi connectivity index (χ3n) is 2.86. The number of hydrogen-bond donors (Lipinski definition) is 1. The number of benzene rings is 1. The van der Waals surface area contributed by atoms with Crippen LogP contribution in [0.1, 0.15) is 39.7 Å². The van der Waals surface area contributed by atoms with Gasteiger partial charge >= 0.3 is 0 Å². The highest BCUT2D eigenvalue weighted by molar-refractivity contribution is 5.91. The lowest BCUT2D eigenvalue weighted by Gasteiger charge is -2.11. The van der Waals surface area contributed by atoms with E-state index in [1.807, 2.05) is 38.1 Å². The van der Waals surface area contributed by atoms with Gasteiger partial charge in [-0.25, -0.2) is 0 Å². The molecule has 0 spiro atoms. The Morgan fingerprint density at radius 2 is 1.83 bits per heavy atom. The van der Waals surface area contributed by atoms with Crippen molar-refractivity contribution in [1.82, 2.24) is 0 Å². The largest absolute Gasteiger partial charge is 0.374 e. The van der Waals surface area contributed by atoms with Gasteiger partial charge in [0.15, 0.2) is 0 Å². The van der Waals surface area contributed by atoms with Gasteiger partial charge in [0.2, 0.25) is 5.91 Å². The maximum Gasteiger partial charge on any atom is 0.226 e. The zero-order chi connectivity index (χ0) is 13.5. The van der Waals surface area contributed by atoms with Crippen molar-refractivity contribution in [2.24, 2.45) is 5.92 Å². The van der Waals surface area contributed by atoms with Gasteiger partial charge in [0, 0.05) is 11.6 Å². The molecule has 0 bridgehead atoms. The summed E-state index contributed by atoms with van der Waals surface area (Å²) in [5.41, 5.74) is 1.96. The Morgan fingerprint density at radius 3 is 2.33 bits per heavy atom. The fourth-order valence-electron chi connectivity index (χ4n) is 1.33. The number of ether oxygens (including phenoxy) is 1. The van der Waals surface area contributed by atoms with Crippen LogP contribution < -0.4 is 5.32 Å². The Labute approximate surface area is 110 Å². The molecule has 1 rings (SSSR count). The predicted octanol–water partition coefficient (Wildman–Crippen LogP) is 3.60. The molecular weight excluding hydrogens is 226 g/mol. The molecule has 3 heteroatoms. The van der Waals surface area contributed by atoms with Gasteiger partial charge < -0.3 is 10.1 Å². The Kier molecular flexibility index (Phi) is 5.86. The summed E-state index contributed by atoms with van der Waals surface area (Å²) in [6.07, 6.45) is 1.30. The summed E-state index contributed by atoms with van der Waals surface area (Å²) in [6, 6.07) is 7.79. The van der Waals surface area contributed by atoms with Gasteiger partial charge in [0.1, 0.15) is 0 Å². The maximum atomic E-state index is 11.5. The van der Waals surface area contributed by atoms with Crippen molar-refractivity contribution in [3.8, 4) is 0 Å². The van der Waals surface area contributed by atoms with E-state index in [4.69, 9.17) is 4.74 Å². The molecule has 3 nitrogen and oxygen atoms in total. The number of carbonyl (C=O) groups is 1. The van der Waals surface area contributed by atoms with Gasteiger partial charge in [0.25, 0.3) is 0 Å². The number of rotatable bonds is 6. The molecule has 100 valence electrons. The standard InChI is InChI=1S/C15H23NO2/c1-5-12(4)18-10-13-6-8-14(9-7-13)16-15(17)11(2)3/h6-9,11-12H,5,10H2,1-4H3,(H,16,17). The van der Waals surface area contributed by atoms with E-state index >= 15 is 0 Å². The first-order valence-electron chi connectivity index (χ1n) is 6.54. The lowest BCUT2D eigenvalue weighted by Crippen LogP contribution is -2.17. The third-order valence-corrected chi connectivity index (χ3v) is 2.86. The molecule has 1 atom stereocenters. The third kappa shape index (κ3) is 4.88. The van der Waals surface area contributed by atoms with Crippen molar-refractivity contribution in [3.63, 3.8) is 0 Å². The van der Waals surface area contributed by atoms with Crippen molar-refractivity contribution in [2.75, 3.05) is 5.32 Å². The van der Waals surface area contributed by atoms with Crippen LogP contribution in [0.3, 0.4) is 0 Å². The van der Waals surface area contributed by atoms with E-state index < -0.39 is 0 Å². The molecule has 0 aliphatic heterocycles. The quantitative estimate of drug-likeness (QED) is 0.836. The van der Waals surface area contributed by atoms with Crippen LogP contribution in [0, 0.1) is 5.92 Å². The van der Waals surface area contributed by atoms with Crippen molar-refractivity contribution in [2.45, 2.75) is 46.8 Å². The van der Waals surface area contributed by atoms with Crippen molar-refractivity contribution < 1.29 is 9.53 Å². The highest BCUT2D eigenvalue weighted by Crippen LogP contribution is 2.12. The normalized spacial score (nSPS) is 12.5. The molecule has 0 saturated carbocycles. The molecule has 0 aliphatic carbocycles. The van der Waals surface area contributed by atoms with Crippen LogP contribution in [0.2, 0.25) is 0 Å². The monoisotopic (exact) mass is 249 g/mol. The fourth-order valence-corrected chi connectivity index (χ4v) is 1.33. The average molecular weight is 249 g/mol. The molecule has 0 aliphatic rings. The van der Waals surface area contributed by atoms with Crippen LogP contribution in [0.4, 0.5) is 5.69 Å². The minimum Gasteiger partial charge on any atom is -0.374 e. The first-order valence-corrected chi connectivity index (χ1v) is 6.54. The number of hydrogen-bond acceptors (Lipinski definition) is 2. The summed E-state index contributed by atoms with van der Waals surface area (Å²) in [5.74, 6) is 0.0389. The minimum atomic E-state index is -0.00147. The fraction of sp³-hybridized carbons (Fsp3) is 0.533. The van der Waals surface area contributed by atoms with Gasteiger partial charge in [0.05, 0.1) is 12.7 Å². The predicted molar refractivity (Wildman–Crippen MR) is 74.5 cm³/mol. The number of amides is 1. The SMILES string of the molecule is CCC(C)OCc1ccc(NC(=O)C(C)C)cc1. The molecule has 0 fully saturated rings. The summed E-state index contributed by atoms with van der Waals surface area (Å²) in [4.78, 5) is 11.5. The number of nitrogens with one attached hydrogen (secondary N) is 1. The van der Waals surface area contributed by atoms with Crippen LogP contribution in [0.5, 0.6) is 0 Å². The number of anilines is 1. The minimum absolute atomic E-state index is 0.00147. The molecule has 1 amide bonds. The van der Waals surface area contributed by atoms with Crippen molar-refractivity contribution >= 4 is 11.6 Å². The molecule has 0 radical (unpaired) electrons. The molecule has 18 heavy (non-hydrogen) atoms. The lowest BCUT2D eigenvalue weighted by molar-refractivity contribution is -0.118. The lowest BCUT2D eigenvalue weighted by atomic mass is 10.2. The molecular formula is C15H23NO2. The second kappa shape index (κ2) is 7.17. The summed E-state index contributed by atoms with van der Waals surface area (Å²) in [5, 5.41) is 2.86. The van der Waals surface area contributed by atoms with E-state index in [1.165, 1.54) is 0 Å². The Hall–Kier alpha value is -1.35. The zero-order valence-electron chi connectivity index (χ0n) is 11.7. The average Bonchev–Trinajstić information content (AvgIpc) is 2.37. The smallest absolute Gasteiger partial charge is 0.226 e. The first-order chi connectivity index (χ1) is 8.52. The number of carbonyl (C=O) groups excluding carboxylic acids is 1. The van der Waals surface area contributed by atoms with Crippen LogP contribution in [-0.4, -0.2) is 12.0 Å². The highest BCUT2D eigenvalue weighted by Gasteiger charge is 2.06. The summed E-state index contributed by atoms with van der Waals surface area (Å²) < 4.78 is 5.65.